The molecule has 0 bridgehead atoms. The number of carbonyl (C=O) groups is 1. The molecule has 3 aliphatic rings. The summed E-state index contributed by atoms with van der Waals surface area (Å²) in [5, 5.41) is 20.6. The van der Waals surface area contributed by atoms with Gasteiger partial charge in [0.05, 0.1) is 12.3 Å². The minimum absolute atomic E-state index is 0.183. The van der Waals surface area contributed by atoms with Crippen molar-refractivity contribution in [3.8, 4) is 0 Å². The van der Waals surface area contributed by atoms with Gasteiger partial charge < -0.3 is 26.0 Å². The molecule has 0 aliphatic carbocycles. The van der Waals surface area contributed by atoms with Crippen LogP contribution in [0.4, 0.5) is 5.69 Å². The molecule has 4 N–H and O–H groups in total. The fraction of sp³-hybridized carbons (Fsp3) is 0.458. The van der Waals surface area contributed by atoms with Crippen molar-refractivity contribution < 1.29 is 9.90 Å². The van der Waals surface area contributed by atoms with Crippen LogP contribution in [0.1, 0.15) is 31.2 Å². The van der Waals surface area contributed by atoms with Crippen molar-refractivity contribution in [2.24, 2.45) is 0 Å². The van der Waals surface area contributed by atoms with Crippen molar-refractivity contribution in [3.63, 3.8) is 0 Å². The van der Waals surface area contributed by atoms with Gasteiger partial charge in [0.2, 0.25) is 5.91 Å². The van der Waals surface area contributed by atoms with Gasteiger partial charge in [-0.3, -0.25) is 4.79 Å². The van der Waals surface area contributed by atoms with Gasteiger partial charge in [-0.25, -0.2) is 0 Å². The van der Waals surface area contributed by atoms with Crippen molar-refractivity contribution in [2.75, 3.05) is 37.7 Å². The van der Waals surface area contributed by atoms with Crippen LogP contribution in [0.2, 0.25) is 5.02 Å². The standard InChI is InChI=1S/C13H17N3O.C11H14ClNO/c17-12-13(6-8-14-9-7-13)16(10-15-12)11-4-2-1-3-5-11;12-10-3-1-9(2-4-10)11(14)5-7-13-8-6-11/h1-5,14H,6-10H2,(H,15,17);1-4,13-14H,5-8H2. The molecule has 6 nitrogen and oxygen atoms in total. The van der Waals surface area contributed by atoms with Gasteiger partial charge in [0.1, 0.15) is 5.54 Å². The average molecular weight is 443 g/mol. The van der Waals surface area contributed by atoms with Crippen LogP contribution < -0.4 is 20.9 Å². The Morgan fingerprint density at radius 2 is 1.42 bits per heavy atom. The number of rotatable bonds is 2. The Hall–Kier alpha value is -2.12. The lowest BCUT2D eigenvalue weighted by atomic mass is 9.85. The van der Waals surface area contributed by atoms with Crippen LogP contribution in [0.3, 0.4) is 0 Å². The molecule has 7 heteroatoms. The summed E-state index contributed by atoms with van der Waals surface area (Å²) in [6, 6.07) is 17.7. The molecule has 1 spiro atoms. The Morgan fingerprint density at radius 1 is 0.839 bits per heavy atom. The van der Waals surface area contributed by atoms with Gasteiger partial charge in [0.25, 0.3) is 0 Å². The fourth-order valence-corrected chi connectivity index (χ4v) is 4.89. The predicted octanol–water partition coefficient (Wildman–Crippen LogP) is 2.61. The van der Waals surface area contributed by atoms with Gasteiger partial charge in [-0.2, -0.15) is 0 Å². The lowest BCUT2D eigenvalue weighted by Gasteiger charge is -2.40. The van der Waals surface area contributed by atoms with E-state index in [4.69, 9.17) is 11.6 Å². The van der Waals surface area contributed by atoms with Crippen LogP contribution in [-0.2, 0) is 10.4 Å². The van der Waals surface area contributed by atoms with Crippen LogP contribution in [0, 0.1) is 0 Å². The fourth-order valence-electron chi connectivity index (χ4n) is 4.76. The molecule has 1 amide bonds. The Balaban J connectivity index is 0.000000152. The van der Waals surface area contributed by atoms with Crippen LogP contribution in [-0.4, -0.2) is 49.4 Å². The van der Waals surface area contributed by atoms with Gasteiger partial charge in [-0.1, -0.05) is 41.9 Å². The third-order valence-corrected chi connectivity index (χ3v) is 6.90. The number of para-hydroxylation sites is 1. The van der Waals surface area contributed by atoms with Crippen molar-refractivity contribution in [1.29, 1.82) is 0 Å². The summed E-state index contributed by atoms with van der Waals surface area (Å²) < 4.78 is 0. The summed E-state index contributed by atoms with van der Waals surface area (Å²) in [6.45, 7) is 4.20. The molecule has 3 fully saturated rings. The van der Waals surface area contributed by atoms with Gasteiger partial charge in [-0.15, -0.1) is 0 Å². The molecule has 2 aromatic carbocycles. The van der Waals surface area contributed by atoms with Crippen molar-refractivity contribution in [1.82, 2.24) is 16.0 Å². The second kappa shape index (κ2) is 9.57. The summed E-state index contributed by atoms with van der Waals surface area (Å²) in [6.07, 6.45) is 3.31. The van der Waals surface area contributed by atoms with Crippen LogP contribution in [0.25, 0.3) is 0 Å². The summed E-state index contributed by atoms with van der Waals surface area (Å²) in [5.74, 6) is 0.183. The highest BCUT2D eigenvalue weighted by atomic mass is 35.5. The zero-order valence-electron chi connectivity index (χ0n) is 17.7. The molecule has 5 rings (SSSR count). The number of carbonyl (C=O) groups excluding carboxylic acids is 1. The summed E-state index contributed by atoms with van der Waals surface area (Å²) in [5.41, 5.74) is 1.12. The summed E-state index contributed by atoms with van der Waals surface area (Å²) >= 11 is 5.80. The molecule has 31 heavy (non-hydrogen) atoms. The lowest BCUT2D eigenvalue weighted by Crippen LogP contribution is -2.55. The van der Waals surface area contributed by atoms with E-state index in [0.717, 1.165) is 63.1 Å². The highest BCUT2D eigenvalue weighted by Crippen LogP contribution is 2.34. The van der Waals surface area contributed by atoms with E-state index in [0.29, 0.717) is 11.7 Å². The van der Waals surface area contributed by atoms with E-state index in [9.17, 15) is 9.90 Å². The molecule has 0 unspecified atom stereocenters. The zero-order valence-corrected chi connectivity index (χ0v) is 18.5. The Labute approximate surface area is 189 Å². The van der Waals surface area contributed by atoms with E-state index in [1.165, 1.54) is 0 Å². The smallest absolute Gasteiger partial charge is 0.247 e. The highest BCUT2D eigenvalue weighted by Gasteiger charge is 2.49. The maximum absolute atomic E-state index is 12.2. The first-order valence-electron chi connectivity index (χ1n) is 11.0. The number of aliphatic hydroxyl groups is 1. The molecular formula is C24H31ClN4O2. The van der Waals surface area contributed by atoms with Crippen molar-refractivity contribution in [2.45, 2.75) is 36.8 Å². The molecule has 0 aromatic heterocycles. The number of nitrogens with zero attached hydrogens (tertiary/aromatic N) is 1. The number of benzene rings is 2. The number of piperidine rings is 2. The maximum Gasteiger partial charge on any atom is 0.247 e. The molecular weight excluding hydrogens is 412 g/mol. The lowest BCUT2D eigenvalue weighted by molar-refractivity contribution is -0.124. The molecule has 0 saturated carbocycles. The largest absolute Gasteiger partial charge is 0.385 e. The average Bonchev–Trinajstić information content (AvgIpc) is 3.11. The number of halogens is 1. The summed E-state index contributed by atoms with van der Waals surface area (Å²) in [4.78, 5) is 14.4. The van der Waals surface area contributed by atoms with E-state index < -0.39 is 5.60 Å². The van der Waals surface area contributed by atoms with Crippen LogP contribution in [0.15, 0.2) is 54.6 Å². The highest BCUT2D eigenvalue weighted by molar-refractivity contribution is 6.30. The molecule has 0 atom stereocenters. The van der Waals surface area contributed by atoms with E-state index in [-0.39, 0.29) is 11.4 Å². The Bertz CT molecular complexity index is 863. The summed E-state index contributed by atoms with van der Waals surface area (Å²) in [7, 11) is 0. The first kappa shape index (κ1) is 22.1. The van der Waals surface area contributed by atoms with E-state index in [1.807, 2.05) is 42.5 Å². The molecule has 166 valence electrons. The SMILES string of the molecule is O=C1NCN(c2ccccc2)C12CCNCC2.OC1(c2ccc(Cl)cc2)CCNCC1. The number of amides is 1. The van der Waals surface area contributed by atoms with E-state index in [2.05, 4.69) is 33.0 Å². The van der Waals surface area contributed by atoms with Crippen molar-refractivity contribution >= 4 is 23.2 Å². The first-order valence-corrected chi connectivity index (χ1v) is 11.4. The van der Waals surface area contributed by atoms with Crippen LogP contribution in [0.5, 0.6) is 0 Å². The maximum atomic E-state index is 12.2. The van der Waals surface area contributed by atoms with Gasteiger partial charge in [-0.05, 0) is 81.7 Å². The molecule has 3 aliphatic heterocycles. The first-order chi connectivity index (χ1) is 15.0. The number of hydrogen-bond donors (Lipinski definition) is 4. The molecule has 2 aromatic rings. The minimum atomic E-state index is -0.657. The third-order valence-electron chi connectivity index (χ3n) is 6.65. The van der Waals surface area contributed by atoms with E-state index in [1.54, 1.807) is 0 Å². The number of nitrogens with one attached hydrogen (secondary N) is 3. The number of hydrogen-bond acceptors (Lipinski definition) is 5. The van der Waals surface area contributed by atoms with Gasteiger partial charge in [0, 0.05) is 10.7 Å². The Kier molecular flexibility index (Phi) is 6.82. The van der Waals surface area contributed by atoms with E-state index >= 15 is 0 Å². The second-order valence-electron chi connectivity index (χ2n) is 8.50. The number of anilines is 1. The minimum Gasteiger partial charge on any atom is -0.385 e. The van der Waals surface area contributed by atoms with Crippen LogP contribution >= 0.6 is 11.6 Å². The van der Waals surface area contributed by atoms with Gasteiger partial charge in [0.15, 0.2) is 0 Å². The predicted molar refractivity (Wildman–Crippen MR) is 124 cm³/mol. The normalized spacial score (nSPS) is 21.9. The van der Waals surface area contributed by atoms with Crippen molar-refractivity contribution in [3.05, 3.63) is 65.2 Å². The zero-order chi connectivity index (χ0) is 21.7. The topological polar surface area (TPSA) is 76.6 Å². The second-order valence-corrected chi connectivity index (χ2v) is 8.93. The molecule has 3 saturated heterocycles. The van der Waals surface area contributed by atoms with Gasteiger partial charge >= 0.3 is 0 Å². The Morgan fingerprint density at radius 3 is 2.03 bits per heavy atom. The quantitative estimate of drug-likeness (QED) is 0.575. The third kappa shape index (κ3) is 4.72. The molecule has 3 heterocycles. The monoisotopic (exact) mass is 442 g/mol. The molecule has 0 radical (unpaired) electrons.